The van der Waals surface area contributed by atoms with Crippen LogP contribution in [0.5, 0.6) is 0 Å². The predicted molar refractivity (Wildman–Crippen MR) is 96.9 cm³/mol. The molecule has 0 N–H and O–H groups in total. The molecule has 3 aromatic carbocycles. The van der Waals surface area contributed by atoms with Crippen molar-refractivity contribution < 1.29 is 4.79 Å². The van der Waals surface area contributed by atoms with Crippen LogP contribution in [0.4, 0.5) is 5.69 Å². The average molecular weight is 324 g/mol. The molecule has 0 aliphatic carbocycles. The summed E-state index contributed by atoms with van der Waals surface area (Å²) < 4.78 is 0. The van der Waals surface area contributed by atoms with E-state index in [2.05, 4.69) is 6.07 Å². The lowest BCUT2D eigenvalue weighted by Gasteiger charge is -2.22. The monoisotopic (exact) mass is 324 g/mol. The Hall–Kier alpha value is -3.38. The topological polar surface area (TPSA) is 44.1 Å². The van der Waals surface area contributed by atoms with E-state index >= 15 is 0 Å². The number of anilines is 1. The smallest absolute Gasteiger partial charge is 0.257 e. The Kier molecular flexibility index (Phi) is 3.59. The number of nitrogens with zero attached hydrogens (tertiary/aromatic N) is 2. The van der Waals surface area contributed by atoms with Crippen molar-refractivity contribution in [3.8, 4) is 6.07 Å². The van der Waals surface area contributed by atoms with E-state index in [4.69, 9.17) is 0 Å². The lowest BCUT2D eigenvalue weighted by Crippen LogP contribution is -2.40. The lowest BCUT2D eigenvalue weighted by atomic mass is 9.77. The maximum absolute atomic E-state index is 13.4. The maximum atomic E-state index is 13.4. The van der Waals surface area contributed by atoms with Gasteiger partial charge in [0.05, 0.1) is 12.6 Å². The van der Waals surface area contributed by atoms with Gasteiger partial charge in [0.1, 0.15) is 0 Å². The fourth-order valence-electron chi connectivity index (χ4n) is 3.52. The van der Waals surface area contributed by atoms with E-state index in [0.29, 0.717) is 12.1 Å². The number of hydrogen-bond donors (Lipinski definition) is 0. The van der Waals surface area contributed by atoms with Crippen LogP contribution >= 0.6 is 0 Å². The van der Waals surface area contributed by atoms with E-state index < -0.39 is 5.41 Å². The van der Waals surface area contributed by atoms with Crippen molar-refractivity contribution in [3.63, 3.8) is 0 Å². The molecule has 3 aromatic rings. The lowest BCUT2D eigenvalue weighted by molar-refractivity contribution is -0.120. The van der Waals surface area contributed by atoms with Gasteiger partial charge in [-0.05, 0) is 17.2 Å². The summed E-state index contributed by atoms with van der Waals surface area (Å²) in [7, 11) is 0. The van der Waals surface area contributed by atoms with Crippen LogP contribution in [0, 0.1) is 11.3 Å². The summed E-state index contributed by atoms with van der Waals surface area (Å²) in [6.45, 7) is 0.451. The van der Waals surface area contributed by atoms with Gasteiger partial charge in [0.15, 0.2) is 5.41 Å². The predicted octanol–water partition coefficient (Wildman–Crippen LogP) is 4.04. The van der Waals surface area contributed by atoms with E-state index in [1.165, 1.54) is 0 Å². The number of carbonyl (C=O) groups is 1. The number of nitriles is 1. The van der Waals surface area contributed by atoms with E-state index in [0.717, 1.165) is 16.8 Å². The van der Waals surface area contributed by atoms with Crippen molar-refractivity contribution in [1.82, 2.24) is 0 Å². The minimum Gasteiger partial charge on any atom is -0.306 e. The number of benzene rings is 3. The highest BCUT2D eigenvalue weighted by Crippen LogP contribution is 2.46. The number of amides is 1. The molecule has 1 unspecified atom stereocenters. The molecule has 1 heterocycles. The molecule has 4 rings (SSSR count). The second-order valence-corrected chi connectivity index (χ2v) is 6.12. The zero-order chi connectivity index (χ0) is 17.3. The third-order valence-corrected chi connectivity index (χ3v) is 4.72. The first-order valence-corrected chi connectivity index (χ1v) is 8.19. The molecule has 1 atom stereocenters. The molecule has 3 nitrogen and oxygen atoms in total. The van der Waals surface area contributed by atoms with Gasteiger partial charge in [-0.25, -0.2) is 0 Å². The van der Waals surface area contributed by atoms with Crippen LogP contribution in [-0.4, -0.2) is 5.91 Å². The van der Waals surface area contributed by atoms with Gasteiger partial charge in [-0.1, -0.05) is 78.9 Å². The van der Waals surface area contributed by atoms with Gasteiger partial charge in [0.2, 0.25) is 0 Å². The largest absolute Gasteiger partial charge is 0.306 e. The zero-order valence-corrected chi connectivity index (χ0v) is 13.6. The van der Waals surface area contributed by atoms with E-state index in [9.17, 15) is 10.1 Å². The fourth-order valence-corrected chi connectivity index (χ4v) is 3.52. The molecule has 120 valence electrons. The molecule has 1 aliphatic heterocycles. The van der Waals surface area contributed by atoms with Crippen LogP contribution in [0.1, 0.15) is 16.7 Å². The SMILES string of the molecule is N#CC1(c2ccccc2)C(=O)N(Cc2ccccc2)c2ccccc21. The molecule has 0 bridgehead atoms. The number of rotatable bonds is 3. The summed E-state index contributed by atoms with van der Waals surface area (Å²) in [5.41, 5.74) is 2.02. The van der Waals surface area contributed by atoms with Gasteiger partial charge in [0.25, 0.3) is 5.91 Å². The summed E-state index contributed by atoms with van der Waals surface area (Å²) in [4.78, 5) is 15.1. The average Bonchev–Trinajstić information content (AvgIpc) is 2.92. The number of carbonyl (C=O) groups excluding carboxylic acids is 1. The molecule has 0 aromatic heterocycles. The van der Waals surface area contributed by atoms with Gasteiger partial charge in [-0.3, -0.25) is 4.79 Å². The first kappa shape index (κ1) is 15.2. The first-order chi connectivity index (χ1) is 12.3. The maximum Gasteiger partial charge on any atom is 0.257 e. The van der Waals surface area contributed by atoms with Gasteiger partial charge in [0, 0.05) is 11.3 Å². The Bertz CT molecular complexity index is 960. The standard InChI is InChI=1S/C22H16N2O/c23-16-22(18-11-5-2-6-12-18)19-13-7-8-14-20(19)24(21(22)25)15-17-9-3-1-4-10-17/h1-14H,15H2. The molecule has 0 fully saturated rings. The number of fused-ring (bicyclic) bond motifs is 1. The minimum atomic E-state index is -1.29. The highest BCUT2D eigenvalue weighted by Gasteiger charge is 2.52. The normalized spacial score (nSPS) is 18.7. The molecule has 0 saturated heterocycles. The molecule has 1 amide bonds. The Labute approximate surface area is 146 Å². The van der Waals surface area contributed by atoms with Crippen LogP contribution < -0.4 is 4.90 Å². The molecule has 3 heteroatoms. The summed E-state index contributed by atoms with van der Waals surface area (Å²) >= 11 is 0. The Morgan fingerprint density at radius 3 is 2.12 bits per heavy atom. The van der Waals surface area contributed by atoms with Crippen LogP contribution in [0.25, 0.3) is 0 Å². The molecule has 0 spiro atoms. The fraction of sp³-hybridized carbons (Fsp3) is 0.0909. The first-order valence-electron chi connectivity index (χ1n) is 8.19. The third kappa shape index (κ3) is 2.23. The van der Waals surface area contributed by atoms with Crippen molar-refractivity contribution in [2.45, 2.75) is 12.0 Å². The van der Waals surface area contributed by atoms with Crippen molar-refractivity contribution in [3.05, 3.63) is 102 Å². The van der Waals surface area contributed by atoms with E-state index in [-0.39, 0.29) is 5.91 Å². The summed E-state index contributed by atoms with van der Waals surface area (Å²) in [6, 6.07) is 29.1. The zero-order valence-electron chi connectivity index (χ0n) is 13.6. The minimum absolute atomic E-state index is 0.189. The number of para-hydroxylation sites is 1. The third-order valence-electron chi connectivity index (χ3n) is 4.72. The van der Waals surface area contributed by atoms with Gasteiger partial charge in [-0.15, -0.1) is 0 Å². The summed E-state index contributed by atoms with van der Waals surface area (Å²) in [6.07, 6.45) is 0. The van der Waals surface area contributed by atoms with E-state index in [1.807, 2.05) is 84.9 Å². The molecular formula is C22H16N2O. The van der Waals surface area contributed by atoms with Crippen LogP contribution in [0.2, 0.25) is 0 Å². The Balaban J connectivity index is 1.88. The van der Waals surface area contributed by atoms with Crippen LogP contribution in [0.3, 0.4) is 0 Å². The van der Waals surface area contributed by atoms with Crippen LogP contribution in [0.15, 0.2) is 84.9 Å². The summed E-state index contributed by atoms with van der Waals surface area (Å²) in [5, 5.41) is 10.1. The van der Waals surface area contributed by atoms with Gasteiger partial charge in [-0.2, -0.15) is 5.26 Å². The van der Waals surface area contributed by atoms with Crippen molar-refractivity contribution in [2.24, 2.45) is 0 Å². The molecule has 0 saturated carbocycles. The highest BCUT2D eigenvalue weighted by molar-refractivity contribution is 6.12. The molecular weight excluding hydrogens is 308 g/mol. The van der Waals surface area contributed by atoms with Gasteiger partial charge < -0.3 is 4.90 Å². The Morgan fingerprint density at radius 2 is 1.44 bits per heavy atom. The van der Waals surface area contributed by atoms with Gasteiger partial charge >= 0.3 is 0 Å². The van der Waals surface area contributed by atoms with E-state index in [1.54, 1.807) is 4.90 Å². The molecule has 25 heavy (non-hydrogen) atoms. The van der Waals surface area contributed by atoms with Crippen LogP contribution in [-0.2, 0) is 16.8 Å². The quantitative estimate of drug-likeness (QED) is 0.730. The van der Waals surface area contributed by atoms with Crippen molar-refractivity contribution in [1.29, 1.82) is 5.26 Å². The molecule has 1 aliphatic rings. The second-order valence-electron chi connectivity index (χ2n) is 6.12. The van der Waals surface area contributed by atoms with Crippen molar-refractivity contribution in [2.75, 3.05) is 4.90 Å². The molecule has 0 radical (unpaired) electrons. The Morgan fingerprint density at radius 1 is 0.840 bits per heavy atom. The number of hydrogen-bond acceptors (Lipinski definition) is 2. The highest BCUT2D eigenvalue weighted by atomic mass is 16.2. The second kappa shape index (κ2) is 5.92. The van der Waals surface area contributed by atoms with Crippen molar-refractivity contribution >= 4 is 11.6 Å². The summed E-state index contributed by atoms with van der Waals surface area (Å²) in [5.74, 6) is -0.189.